The lowest BCUT2D eigenvalue weighted by Crippen LogP contribution is -2.39. The molecule has 6 nitrogen and oxygen atoms in total. The fraction of sp³-hybridized carbons (Fsp3) is 0.500. The topological polar surface area (TPSA) is 101 Å². The first-order valence-electron chi connectivity index (χ1n) is 7.67. The van der Waals surface area contributed by atoms with Gasteiger partial charge in [0.1, 0.15) is 0 Å². The van der Waals surface area contributed by atoms with Crippen LogP contribution >= 0.6 is 0 Å². The number of hydrogen-bond donors (Lipinski definition) is 3. The molecule has 0 spiro atoms. The maximum absolute atomic E-state index is 12.0. The van der Waals surface area contributed by atoms with E-state index in [1.165, 1.54) is 0 Å². The first-order chi connectivity index (χ1) is 10.5. The number of benzene rings is 1. The van der Waals surface area contributed by atoms with E-state index in [4.69, 9.17) is 11.5 Å². The molecule has 1 aromatic rings. The van der Waals surface area contributed by atoms with Gasteiger partial charge in [-0.2, -0.15) is 0 Å². The average Bonchev–Trinajstić information content (AvgIpc) is 2.54. The van der Waals surface area contributed by atoms with Crippen molar-refractivity contribution in [2.45, 2.75) is 19.8 Å². The quantitative estimate of drug-likeness (QED) is 0.753. The maximum atomic E-state index is 12.0. The molecule has 2 rings (SSSR count). The Morgan fingerprint density at radius 3 is 2.55 bits per heavy atom. The molecule has 120 valence electrons. The highest BCUT2D eigenvalue weighted by Crippen LogP contribution is 2.30. The molecule has 1 atom stereocenters. The molecule has 1 unspecified atom stereocenters. The van der Waals surface area contributed by atoms with Crippen molar-refractivity contribution in [1.82, 2.24) is 0 Å². The molecular formula is C16H24N4O2. The largest absolute Gasteiger partial charge is 0.370 e. The minimum Gasteiger partial charge on any atom is -0.370 e. The average molecular weight is 304 g/mol. The van der Waals surface area contributed by atoms with E-state index in [9.17, 15) is 9.59 Å². The summed E-state index contributed by atoms with van der Waals surface area (Å²) in [7, 11) is 0. The summed E-state index contributed by atoms with van der Waals surface area (Å²) in [5.41, 5.74) is 12.7. The standard InChI is InChI=1S/C16H24N4O2/c1-11(10-17)16(22)19-13-4-2-3-5-14(13)20-8-6-12(7-9-20)15(18)21/h2-5,11-12H,6-10,17H2,1H3,(H2,18,21)(H,19,22). The van der Waals surface area contributed by atoms with Gasteiger partial charge >= 0.3 is 0 Å². The monoisotopic (exact) mass is 304 g/mol. The van der Waals surface area contributed by atoms with Crippen molar-refractivity contribution in [3.63, 3.8) is 0 Å². The molecular weight excluding hydrogens is 280 g/mol. The Hall–Kier alpha value is -2.08. The lowest BCUT2D eigenvalue weighted by molar-refractivity contribution is -0.122. The maximum Gasteiger partial charge on any atom is 0.228 e. The number of primary amides is 1. The summed E-state index contributed by atoms with van der Waals surface area (Å²) >= 11 is 0. The third-order valence-electron chi connectivity index (χ3n) is 4.20. The highest BCUT2D eigenvalue weighted by Gasteiger charge is 2.24. The molecule has 6 heteroatoms. The molecule has 1 aromatic carbocycles. The zero-order valence-corrected chi connectivity index (χ0v) is 12.9. The number of rotatable bonds is 5. The van der Waals surface area contributed by atoms with E-state index in [1.807, 2.05) is 24.3 Å². The highest BCUT2D eigenvalue weighted by atomic mass is 16.2. The minimum atomic E-state index is -0.228. The zero-order valence-electron chi connectivity index (χ0n) is 12.9. The number of carbonyl (C=O) groups excluding carboxylic acids is 2. The summed E-state index contributed by atoms with van der Waals surface area (Å²) < 4.78 is 0. The number of nitrogens with one attached hydrogen (secondary N) is 1. The molecule has 0 aliphatic carbocycles. The molecule has 1 aliphatic rings. The molecule has 5 N–H and O–H groups in total. The summed E-state index contributed by atoms with van der Waals surface area (Å²) in [5, 5.41) is 2.94. The molecule has 0 radical (unpaired) electrons. The number of piperidine rings is 1. The molecule has 0 aromatic heterocycles. The third kappa shape index (κ3) is 3.76. The van der Waals surface area contributed by atoms with Crippen LogP contribution in [0.3, 0.4) is 0 Å². The van der Waals surface area contributed by atoms with Gasteiger partial charge in [-0.25, -0.2) is 0 Å². The van der Waals surface area contributed by atoms with Crippen LogP contribution in [0.25, 0.3) is 0 Å². The predicted molar refractivity (Wildman–Crippen MR) is 87.4 cm³/mol. The third-order valence-corrected chi connectivity index (χ3v) is 4.20. The number of hydrogen-bond acceptors (Lipinski definition) is 4. The number of para-hydroxylation sites is 2. The van der Waals surface area contributed by atoms with Gasteiger partial charge in [0.15, 0.2) is 0 Å². The van der Waals surface area contributed by atoms with Gasteiger partial charge in [0.25, 0.3) is 0 Å². The van der Waals surface area contributed by atoms with Crippen LogP contribution in [0.4, 0.5) is 11.4 Å². The van der Waals surface area contributed by atoms with Crippen molar-refractivity contribution in [3.05, 3.63) is 24.3 Å². The van der Waals surface area contributed by atoms with Crippen molar-refractivity contribution >= 4 is 23.2 Å². The van der Waals surface area contributed by atoms with Crippen LogP contribution in [0, 0.1) is 11.8 Å². The first-order valence-corrected chi connectivity index (χ1v) is 7.67. The summed E-state index contributed by atoms with van der Waals surface area (Å²) in [6, 6.07) is 7.70. The van der Waals surface area contributed by atoms with Gasteiger partial charge in [0, 0.05) is 31.5 Å². The van der Waals surface area contributed by atoms with Crippen LogP contribution in [-0.4, -0.2) is 31.4 Å². The van der Waals surface area contributed by atoms with Gasteiger partial charge < -0.3 is 21.7 Å². The molecule has 0 saturated carbocycles. The SMILES string of the molecule is CC(CN)C(=O)Nc1ccccc1N1CCC(C(N)=O)CC1. The van der Waals surface area contributed by atoms with E-state index < -0.39 is 0 Å². The van der Waals surface area contributed by atoms with Crippen LogP contribution in [0.1, 0.15) is 19.8 Å². The second-order valence-corrected chi connectivity index (χ2v) is 5.81. The summed E-state index contributed by atoms with van der Waals surface area (Å²) in [6.07, 6.45) is 1.49. The van der Waals surface area contributed by atoms with Gasteiger partial charge in [0.05, 0.1) is 11.4 Å². The van der Waals surface area contributed by atoms with Crippen molar-refractivity contribution < 1.29 is 9.59 Å². The Morgan fingerprint density at radius 2 is 1.95 bits per heavy atom. The molecule has 1 aliphatic heterocycles. The van der Waals surface area contributed by atoms with E-state index in [-0.39, 0.29) is 23.7 Å². The van der Waals surface area contributed by atoms with Crippen LogP contribution in [0.5, 0.6) is 0 Å². The number of nitrogens with zero attached hydrogens (tertiary/aromatic N) is 1. The number of nitrogens with two attached hydrogens (primary N) is 2. The van der Waals surface area contributed by atoms with Crippen molar-refractivity contribution in [2.75, 3.05) is 29.9 Å². The van der Waals surface area contributed by atoms with E-state index in [2.05, 4.69) is 10.2 Å². The van der Waals surface area contributed by atoms with Crippen LogP contribution in [0.15, 0.2) is 24.3 Å². The summed E-state index contributed by atoms with van der Waals surface area (Å²) in [6.45, 7) is 3.63. The Bertz CT molecular complexity index is 539. The first kappa shape index (κ1) is 16.3. The van der Waals surface area contributed by atoms with Crippen molar-refractivity contribution in [3.8, 4) is 0 Å². The second kappa shape index (κ2) is 7.26. The van der Waals surface area contributed by atoms with Gasteiger partial charge in [0.2, 0.25) is 11.8 Å². The van der Waals surface area contributed by atoms with Crippen molar-refractivity contribution in [2.24, 2.45) is 23.3 Å². The minimum absolute atomic E-state index is 0.0461. The number of anilines is 2. The van der Waals surface area contributed by atoms with Gasteiger partial charge in [-0.1, -0.05) is 19.1 Å². The smallest absolute Gasteiger partial charge is 0.228 e. The fourth-order valence-electron chi connectivity index (χ4n) is 2.62. The van der Waals surface area contributed by atoms with Crippen LogP contribution in [0.2, 0.25) is 0 Å². The Morgan fingerprint density at radius 1 is 1.32 bits per heavy atom. The van der Waals surface area contributed by atoms with E-state index in [0.29, 0.717) is 6.54 Å². The van der Waals surface area contributed by atoms with Gasteiger partial charge in [-0.15, -0.1) is 0 Å². The van der Waals surface area contributed by atoms with Crippen molar-refractivity contribution in [1.29, 1.82) is 0 Å². The molecule has 1 heterocycles. The van der Waals surface area contributed by atoms with Crippen LogP contribution in [-0.2, 0) is 9.59 Å². The van der Waals surface area contributed by atoms with E-state index >= 15 is 0 Å². The Balaban J connectivity index is 2.09. The van der Waals surface area contributed by atoms with E-state index in [0.717, 1.165) is 37.3 Å². The molecule has 1 fully saturated rings. The summed E-state index contributed by atoms with van der Waals surface area (Å²) in [4.78, 5) is 25.5. The number of amides is 2. The lowest BCUT2D eigenvalue weighted by atomic mass is 9.96. The normalized spacial score (nSPS) is 17.1. The zero-order chi connectivity index (χ0) is 16.1. The molecule has 22 heavy (non-hydrogen) atoms. The fourth-order valence-corrected chi connectivity index (χ4v) is 2.62. The molecule has 1 saturated heterocycles. The predicted octanol–water partition coefficient (Wildman–Crippen LogP) is 0.922. The lowest BCUT2D eigenvalue weighted by Gasteiger charge is -2.33. The van der Waals surface area contributed by atoms with E-state index in [1.54, 1.807) is 6.92 Å². The highest BCUT2D eigenvalue weighted by molar-refractivity contribution is 5.95. The Kier molecular flexibility index (Phi) is 5.38. The van der Waals surface area contributed by atoms with Gasteiger partial charge in [-0.05, 0) is 25.0 Å². The number of carbonyl (C=O) groups is 2. The molecule has 0 bridgehead atoms. The van der Waals surface area contributed by atoms with Crippen LogP contribution < -0.4 is 21.7 Å². The molecule has 2 amide bonds. The summed E-state index contributed by atoms with van der Waals surface area (Å²) in [5.74, 6) is -0.580. The van der Waals surface area contributed by atoms with Gasteiger partial charge in [-0.3, -0.25) is 9.59 Å². The Labute approximate surface area is 130 Å². The second-order valence-electron chi connectivity index (χ2n) is 5.81.